The van der Waals surface area contributed by atoms with E-state index in [0.29, 0.717) is 0 Å². The van der Waals surface area contributed by atoms with Crippen molar-refractivity contribution in [1.82, 2.24) is 5.32 Å². The third-order valence-electron chi connectivity index (χ3n) is 2.17. The number of esters is 2. The molecule has 7 nitrogen and oxygen atoms in total. The quantitative estimate of drug-likeness (QED) is 0.636. The summed E-state index contributed by atoms with van der Waals surface area (Å²) < 4.78 is 8.72. The lowest BCUT2D eigenvalue weighted by molar-refractivity contribution is -0.147. The molecule has 0 saturated carbocycles. The second-order valence-corrected chi connectivity index (χ2v) is 3.63. The zero-order valence-corrected chi connectivity index (χ0v) is 9.83. The maximum Gasteiger partial charge on any atom is 0.340 e. The van der Waals surface area contributed by atoms with Crippen molar-refractivity contribution >= 4 is 29.4 Å². The monoisotopic (exact) mass is 263 g/mol. The SMILES string of the molecule is COC(=O)CC1(O)NC(=O)C(Cl)=C1C(=O)OC. The van der Waals surface area contributed by atoms with Crippen LogP contribution in [0.3, 0.4) is 0 Å². The maximum atomic E-state index is 11.4. The topological polar surface area (TPSA) is 102 Å². The first kappa shape index (κ1) is 13.5. The van der Waals surface area contributed by atoms with Gasteiger partial charge in [0.15, 0.2) is 5.72 Å². The van der Waals surface area contributed by atoms with E-state index >= 15 is 0 Å². The summed E-state index contributed by atoms with van der Waals surface area (Å²) in [6.07, 6.45) is -0.643. The van der Waals surface area contributed by atoms with Gasteiger partial charge in [0.2, 0.25) is 0 Å². The van der Waals surface area contributed by atoms with Gasteiger partial charge in [-0.2, -0.15) is 0 Å². The van der Waals surface area contributed by atoms with E-state index in [4.69, 9.17) is 11.6 Å². The number of hydrogen-bond acceptors (Lipinski definition) is 6. The lowest BCUT2D eigenvalue weighted by Crippen LogP contribution is -2.48. The van der Waals surface area contributed by atoms with Gasteiger partial charge < -0.3 is 19.9 Å². The highest BCUT2D eigenvalue weighted by molar-refractivity contribution is 6.45. The van der Waals surface area contributed by atoms with Gasteiger partial charge in [-0.1, -0.05) is 11.6 Å². The molecule has 1 atom stereocenters. The van der Waals surface area contributed by atoms with Gasteiger partial charge in [0.25, 0.3) is 5.91 Å². The van der Waals surface area contributed by atoms with E-state index in [9.17, 15) is 19.5 Å². The fourth-order valence-electron chi connectivity index (χ4n) is 1.37. The van der Waals surface area contributed by atoms with Crippen molar-refractivity contribution < 1.29 is 29.0 Å². The molecule has 1 heterocycles. The Bertz CT molecular complexity index is 418. The van der Waals surface area contributed by atoms with Crippen molar-refractivity contribution in [3.63, 3.8) is 0 Å². The van der Waals surface area contributed by atoms with Crippen LogP contribution in [0.15, 0.2) is 10.6 Å². The van der Waals surface area contributed by atoms with Crippen LogP contribution < -0.4 is 5.32 Å². The van der Waals surface area contributed by atoms with Crippen LogP contribution >= 0.6 is 11.6 Å². The minimum atomic E-state index is -2.20. The number of rotatable bonds is 3. The molecule has 0 aliphatic carbocycles. The Balaban J connectivity index is 3.12. The molecule has 94 valence electrons. The third kappa shape index (κ3) is 2.40. The average molecular weight is 264 g/mol. The number of hydrogen-bond donors (Lipinski definition) is 2. The normalized spacial score (nSPS) is 23.4. The number of nitrogens with one attached hydrogen (secondary N) is 1. The molecule has 1 amide bonds. The van der Waals surface area contributed by atoms with Crippen molar-refractivity contribution in [2.24, 2.45) is 0 Å². The van der Waals surface area contributed by atoms with Crippen LogP contribution in [-0.4, -0.2) is 42.9 Å². The maximum absolute atomic E-state index is 11.4. The van der Waals surface area contributed by atoms with Crippen LogP contribution in [0.25, 0.3) is 0 Å². The minimum Gasteiger partial charge on any atom is -0.469 e. The van der Waals surface area contributed by atoms with Crippen molar-refractivity contribution in [3.8, 4) is 0 Å². The van der Waals surface area contributed by atoms with Gasteiger partial charge in [0.1, 0.15) is 10.6 Å². The van der Waals surface area contributed by atoms with E-state index in [1.165, 1.54) is 0 Å². The molecule has 1 aliphatic rings. The Labute approximate surface area is 101 Å². The summed E-state index contributed by atoms with van der Waals surface area (Å²) in [5.41, 5.74) is -2.70. The molecule has 17 heavy (non-hydrogen) atoms. The van der Waals surface area contributed by atoms with Gasteiger partial charge >= 0.3 is 11.9 Å². The van der Waals surface area contributed by atoms with Crippen molar-refractivity contribution in [1.29, 1.82) is 0 Å². The number of carbonyl (C=O) groups is 3. The Hall–Kier alpha value is -1.60. The third-order valence-corrected chi connectivity index (χ3v) is 2.53. The molecule has 0 saturated heterocycles. The second kappa shape index (κ2) is 4.72. The molecule has 0 radical (unpaired) electrons. The molecule has 1 unspecified atom stereocenters. The number of ether oxygens (including phenoxy) is 2. The predicted molar refractivity (Wildman–Crippen MR) is 54.6 cm³/mol. The Morgan fingerprint density at radius 2 is 2.00 bits per heavy atom. The molecule has 1 rings (SSSR count). The first-order chi connectivity index (χ1) is 7.85. The van der Waals surface area contributed by atoms with E-state index in [0.717, 1.165) is 14.2 Å². The summed E-state index contributed by atoms with van der Waals surface area (Å²) in [5, 5.41) is 11.5. The minimum absolute atomic E-state index is 0.503. The second-order valence-electron chi connectivity index (χ2n) is 3.25. The van der Waals surface area contributed by atoms with E-state index in [1.54, 1.807) is 0 Å². The molecule has 0 spiro atoms. The largest absolute Gasteiger partial charge is 0.469 e. The van der Waals surface area contributed by atoms with E-state index in [2.05, 4.69) is 9.47 Å². The molecule has 8 heteroatoms. The number of aliphatic hydroxyl groups is 1. The summed E-state index contributed by atoms with van der Waals surface area (Å²) in [4.78, 5) is 33.7. The van der Waals surface area contributed by atoms with Gasteiger partial charge in [0.05, 0.1) is 20.6 Å². The summed E-state index contributed by atoms with van der Waals surface area (Å²) in [6, 6.07) is 0. The molecule has 0 aromatic rings. The van der Waals surface area contributed by atoms with Crippen LogP contribution in [0.1, 0.15) is 6.42 Å². The van der Waals surface area contributed by atoms with E-state index < -0.39 is 40.6 Å². The zero-order valence-electron chi connectivity index (χ0n) is 9.07. The molecule has 0 fully saturated rings. The van der Waals surface area contributed by atoms with Gasteiger partial charge in [-0.15, -0.1) is 0 Å². The fraction of sp³-hybridized carbons (Fsp3) is 0.444. The van der Waals surface area contributed by atoms with Crippen molar-refractivity contribution in [2.75, 3.05) is 14.2 Å². The summed E-state index contributed by atoms with van der Waals surface area (Å²) in [5.74, 6) is -2.68. The summed E-state index contributed by atoms with van der Waals surface area (Å²) in [6.45, 7) is 0. The first-order valence-electron chi connectivity index (χ1n) is 4.46. The molecule has 0 aromatic carbocycles. The lowest BCUT2D eigenvalue weighted by Gasteiger charge is -2.23. The van der Waals surface area contributed by atoms with Crippen LogP contribution in [0, 0.1) is 0 Å². The number of methoxy groups -OCH3 is 2. The number of carbonyl (C=O) groups excluding carboxylic acids is 3. The molecular formula is C9H10ClNO6. The van der Waals surface area contributed by atoms with E-state index in [1.807, 2.05) is 5.32 Å². The lowest BCUT2D eigenvalue weighted by atomic mass is 10.0. The molecule has 1 aliphatic heterocycles. The fourth-order valence-corrected chi connectivity index (χ4v) is 1.66. The molecule has 2 N–H and O–H groups in total. The molecule has 0 bridgehead atoms. The van der Waals surface area contributed by atoms with Crippen molar-refractivity contribution in [3.05, 3.63) is 10.6 Å². The van der Waals surface area contributed by atoms with Gasteiger partial charge in [-0.3, -0.25) is 9.59 Å². The Morgan fingerprint density at radius 3 is 2.47 bits per heavy atom. The van der Waals surface area contributed by atoms with Crippen LogP contribution in [0.2, 0.25) is 0 Å². The van der Waals surface area contributed by atoms with Gasteiger partial charge in [0, 0.05) is 0 Å². The standard InChI is InChI=1S/C9H10ClNO6/c1-16-4(12)3-9(15)5(8(14)17-2)6(10)7(13)11-9/h15H,3H2,1-2H3,(H,11,13). The first-order valence-corrected chi connectivity index (χ1v) is 4.83. The highest BCUT2D eigenvalue weighted by atomic mass is 35.5. The Morgan fingerprint density at radius 1 is 1.41 bits per heavy atom. The Kier molecular flexibility index (Phi) is 3.74. The highest BCUT2D eigenvalue weighted by Gasteiger charge is 2.49. The highest BCUT2D eigenvalue weighted by Crippen LogP contribution is 2.31. The number of halogens is 1. The van der Waals surface area contributed by atoms with E-state index in [-0.39, 0.29) is 0 Å². The van der Waals surface area contributed by atoms with Crippen molar-refractivity contribution in [2.45, 2.75) is 12.1 Å². The predicted octanol–water partition coefficient (Wildman–Crippen LogP) is -0.966. The van der Waals surface area contributed by atoms with Gasteiger partial charge in [-0.25, -0.2) is 4.79 Å². The summed E-state index contributed by atoms with van der Waals surface area (Å²) in [7, 11) is 2.16. The smallest absolute Gasteiger partial charge is 0.340 e. The van der Waals surface area contributed by atoms with Crippen LogP contribution in [-0.2, 0) is 23.9 Å². The summed E-state index contributed by atoms with van der Waals surface area (Å²) >= 11 is 5.57. The molecular weight excluding hydrogens is 254 g/mol. The molecule has 0 aromatic heterocycles. The van der Waals surface area contributed by atoms with Crippen LogP contribution in [0.5, 0.6) is 0 Å². The zero-order chi connectivity index (χ0) is 13.2. The average Bonchev–Trinajstić information content (AvgIpc) is 2.48. The number of amides is 1. The van der Waals surface area contributed by atoms with Gasteiger partial charge in [-0.05, 0) is 0 Å². The van der Waals surface area contributed by atoms with Crippen LogP contribution in [0.4, 0.5) is 0 Å².